The van der Waals surface area contributed by atoms with Crippen molar-refractivity contribution in [1.29, 1.82) is 0 Å². The minimum Gasteiger partial charge on any atom is -0.504 e. The SMILES string of the molecule is C=CCCC/C=C/c1ccc(O)c(OC)c1. The van der Waals surface area contributed by atoms with E-state index in [0.29, 0.717) is 5.75 Å². The van der Waals surface area contributed by atoms with Crippen LogP contribution in [0.25, 0.3) is 6.08 Å². The van der Waals surface area contributed by atoms with Gasteiger partial charge >= 0.3 is 0 Å². The van der Waals surface area contributed by atoms with E-state index in [0.717, 1.165) is 24.8 Å². The number of allylic oxidation sites excluding steroid dienone is 2. The number of hydrogen-bond acceptors (Lipinski definition) is 2. The minimum absolute atomic E-state index is 0.173. The second-order valence-electron chi connectivity index (χ2n) is 3.55. The van der Waals surface area contributed by atoms with Crippen molar-refractivity contribution in [1.82, 2.24) is 0 Å². The van der Waals surface area contributed by atoms with Gasteiger partial charge in [-0.25, -0.2) is 0 Å². The molecule has 0 atom stereocenters. The van der Waals surface area contributed by atoms with Crippen LogP contribution < -0.4 is 4.74 Å². The van der Waals surface area contributed by atoms with Crippen LogP contribution in [-0.2, 0) is 0 Å². The Balaban J connectivity index is 2.56. The van der Waals surface area contributed by atoms with Crippen LogP contribution in [-0.4, -0.2) is 12.2 Å². The maximum Gasteiger partial charge on any atom is 0.161 e. The summed E-state index contributed by atoms with van der Waals surface area (Å²) >= 11 is 0. The van der Waals surface area contributed by atoms with Crippen molar-refractivity contribution in [2.45, 2.75) is 19.3 Å². The summed E-state index contributed by atoms with van der Waals surface area (Å²) in [5, 5.41) is 9.42. The van der Waals surface area contributed by atoms with Gasteiger partial charge in [-0.05, 0) is 37.0 Å². The summed E-state index contributed by atoms with van der Waals surface area (Å²) in [5.74, 6) is 0.680. The van der Waals surface area contributed by atoms with E-state index in [9.17, 15) is 5.11 Å². The molecule has 0 unspecified atom stereocenters. The molecular weight excluding hydrogens is 200 g/mol. The Morgan fingerprint density at radius 1 is 1.38 bits per heavy atom. The Kier molecular flexibility index (Phi) is 5.20. The van der Waals surface area contributed by atoms with Gasteiger partial charge in [0.1, 0.15) is 0 Å². The van der Waals surface area contributed by atoms with Gasteiger partial charge in [0.05, 0.1) is 7.11 Å². The first-order valence-electron chi connectivity index (χ1n) is 5.42. The van der Waals surface area contributed by atoms with E-state index in [-0.39, 0.29) is 5.75 Å². The van der Waals surface area contributed by atoms with Crippen LogP contribution in [0, 0.1) is 0 Å². The molecule has 86 valence electrons. The fraction of sp³-hybridized carbons (Fsp3) is 0.286. The first-order chi connectivity index (χ1) is 7.77. The second kappa shape index (κ2) is 6.72. The Morgan fingerprint density at radius 2 is 2.19 bits per heavy atom. The topological polar surface area (TPSA) is 29.5 Å². The highest BCUT2D eigenvalue weighted by molar-refractivity contribution is 5.55. The van der Waals surface area contributed by atoms with E-state index >= 15 is 0 Å². The van der Waals surface area contributed by atoms with E-state index in [2.05, 4.69) is 12.7 Å². The van der Waals surface area contributed by atoms with Gasteiger partial charge in [-0.15, -0.1) is 6.58 Å². The molecule has 0 spiro atoms. The lowest BCUT2D eigenvalue weighted by atomic mass is 10.1. The predicted molar refractivity (Wildman–Crippen MR) is 67.7 cm³/mol. The first kappa shape index (κ1) is 12.4. The molecule has 1 aromatic carbocycles. The maximum absolute atomic E-state index is 9.42. The molecule has 0 heterocycles. The Bertz CT molecular complexity index is 367. The van der Waals surface area contributed by atoms with Gasteiger partial charge in [-0.2, -0.15) is 0 Å². The van der Waals surface area contributed by atoms with Gasteiger partial charge in [-0.1, -0.05) is 24.3 Å². The van der Waals surface area contributed by atoms with Gasteiger partial charge in [-0.3, -0.25) is 0 Å². The van der Waals surface area contributed by atoms with E-state index in [1.807, 2.05) is 24.3 Å². The maximum atomic E-state index is 9.42. The molecule has 0 fully saturated rings. The van der Waals surface area contributed by atoms with Crippen LogP contribution in [0.5, 0.6) is 11.5 Å². The quantitative estimate of drug-likeness (QED) is 0.581. The second-order valence-corrected chi connectivity index (χ2v) is 3.55. The lowest BCUT2D eigenvalue weighted by Crippen LogP contribution is -1.84. The zero-order chi connectivity index (χ0) is 11.8. The molecule has 16 heavy (non-hydrogen) atoms. The summed E-state index contributed by atoms with van der Waals surface area (Å²) in [7, 11) is 1.55. The Labute approximate surface area is 96.9 Å². The van der Waals surface area contributed by atoms with Crippen molar-refractivity contribution < 1.29 is 9.84 Å². The van der Waals surface area contributed by atoms with Gasteiger partial charge in [0, 0.05) is 0 Å². The number of unbranched alkanes of at least 4 members (excludes halogenated alkanes) is 2. The monoisotopic (exact) mass is 218 g/mol. The lowest BCUT2D eigenvalue weighted by Gasteiger charge is -2.03. The molecule has 1 aromatic rings. The molecule has 0 aromatic heterocycles. The average Bonchev–Trinajstić information content (AvgIpc) is 2.31. The van der Waals surface area contributed by atoms with Crippen LogP contribution in [0.2, 0.25) is 0 Å². The smallest absolute Gasteiger partial charge is 0.161 e. The fourth-order valence-electron chi connectivity index (χ4n) is 1.40. The molecule has 0 bridgehead atoms. The lowest BCUT2D eigenvalue weighted by molar-refractivity contribution is 0.373. The zero-order valence-electron chi connectivity index (χ0n) is 9.65. The number of ether oxygens (including phenoxy) is 1. The summed E-state index contributed by atoms with van der Waals surface area (Å²) in [4.78, 5) is 0. The summed E-state index contributed by atoms with van der Waals surface area (Å²) in [6.07, 6.45) is 9.28. The van der Waals surface area contributed by atoms with Crippen molar-refractivity contribution >= 4 is 6.08 Å². The Morgan fingerprint density at radius 3 is 2.88 bits per heavy atom. The molecule has 2 heteroatoms. The van der Waals surface area contributed by atoms with E-state index in [1.54, 1.807) is 13.2 Å². The largest absolute Gasteiger partial charge is 0.504 e. The van der Waals surface area contributed by atoms with E-state index in [1.165, 1.54) is 0 Å². The molecule has 0 aliphatic carbocycles. The number of hydrogen-bond donors (Lipinski definition) is 1. The number of methoxy groups -OCH3 is 1. The van der Waals surface area contributed by atoms with Gasteiger partial charge in [0.2, 0.25) is 0 Å². The van der Waals surface area contributed by atoms with Crippen molar-refractivity contribution in [3.8, 4) is 11.5 Å². The average molecular weight is 218 g/mol. The van der Waals surface area contributed by atoms with Gasteiger partial charge in [0.25, 0.3) is 0 Å². The summed E-state index contributed by atoms with van der Waals surface area (Å²) < 4.78 is 5.03. The highest BCUT2D eigenvalue weighted by Crippen LogP contribution is 2.26. The van der Waals surface area contributed by atoms with Crippen LogP contribution in [0.1, 0.15) is 24.8 Å². The van der Waals surface area contributed by atoms with E-state index < -0.39 is 0 Å². The summed E-state index contributed by atoms with van der Waals surface area (Å²) in [5.41, 5.74) is 1.04. The zero-order valence-corrected chi connectivity index (χ0v) is 9.65. The third-order valence-electron chi connectivity index (χ3n) is 2.29. The van der Waals surface area contributed by atoms with Crippen molar-refractivity contribution in [2.24, 2.45) is 0 Å². The van der Waals surface area contributed by atoms with E-state index in [4.69, 9.17) is 4.74 Å². The van der Waals surface area contributed by atoms with Crippen molar-refractivity contribution in [3.63, 3.8) is 0 Å². The summed E-state index contributed by atoms with van der Waals surface area (Å²) in [6, 6.07) is 5.32. The molecule has 2 nitrogen and oxygen atoms in total. The molecular formula is C14H18O2. The number of aromatic hydroxyl groups is 1. The molecule has 0 amide bonds. The molecule has 0 saturated carbocycles. The Hall–Kier alpha value is -1.70. The molecule has 0 saturated heterocycles. The van der Waals surface area contributed by atoms with Crippen LogP contribution in [0.4, 0.5) is 0 Å². The molecule has 1 rings (SSSR count). The van der Waals surface area contributed by atoms with Crippen molar-refractivity contribution in [3.05, 3.63) is 42.5 Å². The first-order valence-corrected chi connectivity index (χ1v) is 5.42. The van der Waals surface area contributed by atoms with Gasteiger partial charge < -0.3 is 9.84 Å². The normalized spacial score (nSPS) is 10.6. The number of rotatable bonds is 6. The van der Waals surface area contributed by atoms with Gasteiger partial charge in [0.15, 0.2) is 11.5 Å². The van der Waals surface area contributed by atoms with Crippen LogP contribution in [0.15, 0.2) is 36.9 Å². The molecule has 1 N–H and O–H groups in total. The fourth-order valence-corrected chi connectivity index (χ4v) is 1.40. The highest BCUT2D eigenvalue weighted by atomic mass is 16.5. The van der Waals surface area contributed by atoms with Crippen molar-refractivity contribution in [2.75, 3.05) is 7.11 Å². The van der Waals surface area contributed by atoms with Crippen LogP contribution >= 0.6 is 0 Å². The van der Waals surface area contributed by atoms with Crippen LogP contribution in [0.3, 0.4) is 0 Å². The minimum atomic E-state index is 0.173. The molecule has 0 aliphatic rings. The standard InChI is InChI=1S/C14H18O2/c1-3-4-5-6-7-8-12-9-10-13(15)14(11-12)16-2/h3,7-11,15H,1,4-6H2,2H3/b8-7+. The molecule has 0 aliphatic heterocycles. The third-order valence-corrected chi connectivity index (χ3v) is 2.29. The highest BCUT2D eigenvalue weighted by Gasteiger charge is 1.99. The predicted octanol–water partition coefficient (Wildman–Crippen LogP) is 3.77. The number of phenols is 1. The molecule has 0 radical (unpaired) electrons. The number of phenolic OH excluding ortho intramolecular Hbond substituents is 1. The third kappa shape index (κ3) is 3.81. The number of benzene rings is 1. The summed E-state index contributed by atoms with van der Waals surface area (Å²) in [6.45, 7) is 3.68.